The predicted molar refractivity (Wildman–Crippen MR) is 79.2 cm³/mol. The summed E-state index contributed by atoms with van der Waals surface area (Å²) >= 11 is 12.7. The second-order valence-corrected chi connectivity index (χ2v) is 7.78. The number of hydrogen-bond donors (Lipinski definition) is 2. The SMILES string of the molecule is Nc1cc(S(=O)(=O)NCc2ccc(Cl)s2)c(Cl)cc1F. The van der Waals surface area contributed by atoms with Crippen molar-refractivity contribution in [3.8, 4) is 0 Å². The Morgan fingerprint density at radius 3 is 2.60 bits per heavy atom. The number of nitrogen functional groups attached to an aromatic ring is 1. The molecule has 0 saturated carbocycles. The van der Waals surface area contributed by atoms with Gasteiger partial charge in [-0.3, -0.25) is 0 Å². The van der Waals surface area contributed by atoms with Crippen LogP contribution in [0.25, 0.3) is 0 Å². The van der Waals surface area contributed by atoms with Crippen molar-refractivity contribution in [2.45, 2.75) is 11.4 Å². The molecule has 0 bridgehead atoms. The smallest absolute Gasteiger partial charge is 0.242 e. The minimum atomic E-state index is -3.88. The Hall–Kier alpha value is -0.860. The van der Waals surface area contributed by atoms with Gasteiger partial charge in [-0.15, -0.1) is 11.3 Å². The number of anilines is 1. The van der Waals surface area contributed by atoms with Gasteiger partial charge in [-0.25, -0.2) is 17.5 Å². The lowest BCUT2D eigenvalue weighted by Gasteiger charge is -2.09. The lowest BCUT2D eigenvalue weighted by molar-refractivity contribution is 0.581. The van der Waals surface area contributed by atoms with Gasteiger partial charge in [0.25, 0.3) is 0 Å². The number of nitrogens with one attached hydrogen (secondary N) is 1. The molecular weight excluding hydrogens is 346 g/mol. The Morgan fingerprint density at radius 2 is 2.00 bits per heavy atom. The van der Waals surface area contributed by atoms with Gasteiger partial charge in [0, 0.05) is 11.4 Å². The molecule has 1 heterocycles. The number of nitrogens with two attached hydrogens (primary N) is 1. The van der Waals surface area contributed by atoms with Gasteiger partial charge in [0.05, 0.1) is 15.0 Å². The van der Waals surface area contributed by atoms with Gasteiger partial charge >= 0.3 is 0 Å². The number of benzene rings is 1. The summed E-state index contributed by atoms with van der Waals surface area (Å²) in [5.74, 6) is -0.765. The molecule has 20 heavy (non-hydrogen) atoms. The Bertz CT molecular complexity index is 747. The average Bonchev–Trinajstić information content (AvgIpc) is 2.77. The van der Waals surface area contributed by atoms with E-state index in [0.29, 0.717) is 4.34 Å². The second-order valence-electron chi connectivity index (χ2n) is 3.83. The molecule has 0 fully saturated rings. The topological polar surface area (TPSA) is 72.2 Å². The molecule has 2 rings (SSSR count). The highest BCUT2D eigenvalue weighted by Crippen LogP contribution is 2.27. The van der Waals surface area contributed by atoms with Gasteiger partial charge < -0.3 is 5.73 Å². The maximum Gasteiger partial charge on any atom is 0.242 e. The van der Waals surface area contributed by atoms with E-state index in [0.717, 1.165) is 17.0 Å². The zero-order chi connectivity index (χ0) is 14.9. The Balaban J connectivity index is 2.24. The van der Waals surface area contributed by atoms with Crippen LogP contribution in [0.5, 0.6) is 0 Å². The highest BCUT2D eigenvalue weighted by molar-refractivity contribution is 7.89. The third-order valence-corrected chi connectivity index (χ3v) is 5.50. The Labute approximate surface area is 129 Å². The lowest BCUT2D eigenvalue weighted by atomic mass is 10.3. The molecule has 1 aromatic heterocycles. The molecule has 1 aromatic carbocycles. The van der Waals surface area contributed by atoms with Gasteiger partial charge in [-0.05, 0) is 24.3 Å². The maximum atomic E-state index is 13.2. The fraction of sp³-hybridized carbons (Fsp3) is 0.0909. The van der Waals surface area contributed by atoms with E-state index in [1.807, 2.05) is 0 Å². The van der Waals surface area contributed by atoms with E-state index < -0.39 is 15.8 Å². The van der Waals surface area contributed by atoms with Crippen molar-refractivity contribution < 1.29 is 12.8 Å². The van der Waals surface area contributed by atoms with Gasteiger partial charge in [0.15, 0.2) is 0 Å². The fourth-order valence-corrected chi connectivity index (χ4v) is 4.11. The summed E-state index contributed by atoms with van der Waals surface area (Å²) in [5.41, 5.74) is 5.07. The quantitative estimate of drug-likeness (QED) is 0.827. The molecule has 0 atom stereocenters. The van der Waals surface area contributed by atoms with Gasteiger partial charge in [0.2, 0.25) is 10.0 Å². The molecule has 3 N–H and O–H groups in total. The van der Waals surface area contributed by atoms with E-state index in [1.54, 1.807) is 12.1 Å². The third kappa shape index (κ3) is 3.42. The van der Waals surface area contributed by atoms with Crippen LogP contribution >= 0.6 is 34.5 Å². The first kappa shape index (κ1) is 15.5. The van der Waals surface area contributed by atoms with Crippen LogP contribution in [0.4, 0.5) is 10.1 Å². The van der Waals surface area contributed by atoms with Crippen molar-refractivity contribution in [3.05, 3.63) is 44.3 Å². The number of thiophene rings is 1. The zero-order valence-electron chi connectivity index (χ0n) is 9.86. The molecule has 0 radical (unpaired) electrons. The van der Waals surface area contributed by atoms with Gasteiger partial charge in [-0.2, -0.15) is 0 Å². The fourth-order valence-electron chi connectivity index (χ4n) is 1.44. The highest BCUT2D eigenvalue weighted by Gasteiger charge is 2.20. The zero-order valence-corrected chi connectivity index (χ0v) is 13.0. The molecule has 0 saturated heterocycles. The summed E-state index contributed by atoms with van der Waals surface area (Å²) in [7, 11) is -3.88. The van der Waals surface area contributed by atoms with Crippen LogP contribution in [0.3, 0.4) is 0 Å². The van der Waals surface area contributed by atoms with Crippen molar-refractivity contribution in [1.82, 2.24) is 4.72 Å². The van der Waals surface area contributed by atoms with Crippen molar-refractivity contribution in [2.75, 3.05) is 5.73 Å². The van der Waals surface area contributed by atoms with Gasteiger partial charge in [0.1, 0.15) is 10.7 Å². The molecule has 0 amide bonds. The van der Waals surface area contributed by atoms with Crippen LogP contribution in [-0.4, -0.2) is 8.42 Å². The van der Waals surface area contributed by atoms with E-state index in [2.05, 4.69) is 4.72 Å². The first-order valence-electron chi connectivity index (χ1n) is 5.28. The first-order valence-corrected chi connectivity index (χ1v) is 8.33. The summed E-state index contributed by atoms with van der Waals surface area (Å²) in [5, 5.41) is -0.228. The number of sulfonamides is 1. The average molecular weight is 355 g/mol. The molecule has 108 valence electrons. The Kier molecular flexibility index (Phi) is 4.55. The maximum absolute atomic E-state index is 13.2. The van der Waals surface area contributed by atoms with Crippen molar-refractivity contribution in [3.63, 3.8) is 0 Å². The van der Waals surface area contributed by atoms with Crippen molar-refractivity contribution in [2.24, 2.45) is 0 Å². The standard InChI is InChI=1S/C11H9Cl2FN2O2S2/c12-7-3-8(14)9(15)4-10(7)20(17,18)16-5-6-1-2-11(13)19-6/h1-4,16H,5,15H2. The van der Waals surface area contributed by atoms with Crippen LogP contribution in [-0.2, 0) is 16.6 Å². The summed E-state index contributed by atoms with van der Waals surface area (Å²) in [4.78, 5) is 0.477. The second kappa shape index (κ2) is 5.87. The van der Waals surface area contributed by atoms with Crippen LogP contribution < -0.4 is 10.5 Å². The number of hydrogen-bond acceptors (Lipinski definition) is 4. The van der Waals surface area contributed by atoms with Crippen LogP contribution in [0.2, 0.25) is 9.36 Å². The van der Waals surface area contributed by atoms with Crippen molar-refractivity contribution >= 4 is 50.2 Å². The Morgan fingerprint density at radius 1 is 1.30 bits per heavy atom. The van der Waals surface area contributed by atoms with Gasteiger partial charge in [-0.1, -0.05) is 23.2 Å². The summed E-state index contributed by atoms with van der Waals surface area (Å²) in [6, 6.07) is 5.23. The summed E-state index contributed by atoms with van der Waals surface area (Å²) < 4.78 is 40.3. The van der Waals surface area contributed by atoms with Crippen molar-refractivity contribution in [1.29, 1.82) is 0 Å². The predicted octanol–water partition coefficient (Wildman–Crippen LogP) is 3.25. The monoisotopic (exact) mass is 354 g/mol. The van der Waals surface area contributed by atoms with E-state index >= 15 is 0 Å². The third-order valence-electron chi connectivity index (χ3n) is 2.41. The van der Waals surface area contributed by atoms with Crippen LogP contribution in [0, 0.1) is 5.82 Å². The molecule has 0 aliphatic heterocycles. The highest BCUT2D eigenvalue weighted by atomic mass is 35.5. The molecule has 0 unspecified atom stereocenters. The minimum absolute atomic E-state index is 0.0628. The minimum Gasteiger partial charge on any atom is -0.396 e. The largest absolute Gasteiger partial charge is 0.396 e. The first-order chi connectivity index (χ1) is 9.29. The summed E-state index contributed by atoms with van der Waals surface area (Å²) in [6.45, 7) is 0.0628. The lowest BCUT2D eigenvalue weighted by Crippen LogP contribution is -2.23. The van der Waals surface area contributed by atoms with Crippen LogP contribution in [0.1, 0.15) is 4.88 Å². The van der Waals surface area contributed by atoms with E-state index in [-0.39, 0.29) is 22.2 Å². The van der Waals surface area contributed by atoms with E-state index in [4.69, 9.17) is 28.9 Å². The molecule has 2 aromatic rings. The van der Waals surface area contributed by atoms with E-state index in [1.165, 1.54) is 11.3 Å². The molecule has 4 nitrogen and oxygen atoms in total. The molecule has 9 heteroatoms. The van der Waals surface area contributed by atoms with E-state index in [9.17, 15) is 12.8 Å². The molecule has 0 spiro atoms. The molecule has 0 aliphatic carbocycles. The van der Waals surface area contributed by atoms with Crippen LogP contribution in [0.15, 0.2) is 29.2 Å². The number of halogens is 3. The molecular formula is C11H9Cl2FN2O2S2. The number of rotatable bonds is 4. The molecule has 0 aliphatic rings. The normalized spacial score (nSPS) is 11.8. The summed E-state index contributed by atoms with van der Waals surface area (Å²) in [6.07, 6.45) is 0.